The Kier molecular flexibility index (Phi) is 18.6. The van der Waals surface area contributed by atoms with Gasteiger partial charge >= 0.3 is 0 Å². The number of benzene rings is 5. The number of methoxy groups -OCH3 is 3. The number of aromatic nitrogens is 6. The normalized spacial score (nSPS) is 15.3. The molecule has 90 heavy (non-hydrogen) atoms. The number of aryl methyl sites for hydroxylation is 3. The number of nitrogens with zero attached hydrogens (tertiary/aromatic N) is 9. The van der Waals surface area contributed by atoms with Crippen molar-refractivity contribution < 1.29 is 32.9 Å². The fourth-order valence-corrected chi connectivity index (χ4v) is 12.5. The van der Waals surface area contributed by atoms with Crippen molar-refractivity contribution in [1.82, 2.24) is 37.6 Å². The third-order valence-electron chi connectivity index (χ3n) is 18.3. The summed E-state index contributed by atoms with van der Waals surface area (Å²) in [6, 6.07) is 23.5. The predicted molar refractivity (Wildman–Crippen MR) is 365 cm³/mol. The number of likely N-dealkylation sites (N-methyl/N-ethyl adjacent to an activating group) is 1. The van der Waals surface area contributed by atoms with Crippen molar-refractivity contribution in [2.75, 3.05) is 84.8 Å². The quantitative estimate of drug-likeness (QED) is 0.0732. The summed E-state index contributed by atoms with van der Waals surface area (Å²) in [5.74, 6) is 6.36. The topological polar surface area (TPSA) is 109 Å². The van der Waals surface area contributed by atoms with Crippen molar-refractivity contribution >= 4 is 11.4 Å². The summed E-state index contributed by atoms with van der Waals surface area (Å²) in [5.41, 5.74) is 14.0. The molecular formula is C75H104N9O6+3. The monoisotopic (exact) mass is 1230 g/mol. The number of fused-ring (bicyclic) bond motifs is 10. The molecular weight excluding hydrogens is 1120 g/mol. The zero-order chi connectivity index (χ0) is 65.8. The smallest absolute Gasteiger partial charge is 0.237 e. The van der Waals surface area contributed by atoms with Gasteiger partial charge in [0.2, 0.25) is 5.72 Å². The SMILES string of the molecule is COc1c2cc([N+](C)(C)C)cc1Cc1cc(C(C)(C)C)cc(c1OCc1nccn1C)CC(OC)([N+](C)(C)C)c1cc(C(C)(C)C)cc(c1OCc1nccn1C)Cc1cc([N+](C)(C)C)cc(c1OC)Cc1cc(C(C)(C)C)cc(c1OCc1nccn1C)C2. The minimum Gasteiger partial charge on any atom is -0.496 e. The Morgan fingerprint density at radius 3 is 0.967 bits per heavy atom. The molecule has 1 aliphatic carbocycles. The molecule has 0 aliphatic heterocycles. The van der Waals surface area contributed by atoms with Gasteiger partial charge in [0.15, 0.2) is 0 Å². The van der Waals surface area contributed by atoms with E-state index in [1.807, 2.05) is 93.4 Å². The molecule has 5 aromatic carbocycles. The molecule has 10 bridgehead atoms. The van der Waals surface area contributed by atoms with Crippen molar-refractivity contribution in [3.05, 3.63) is 188 Å². The maximum absolute atomic E-state index is 7.50. The number of imidazole rings is 3. The molecule has 1 atom stereocenters. The van der Waals surface area contributed by atoms with Crippen molar-refractivity contribution in [2.24, 2.45) is 21.1 Å². The summed E-state index contributed by atoms with van der Waals surface area (Å²) in [5, 5.41) is 0. The average molecular weight is 1230 g/mol. The van der Waals surface area contributed by atoms with Gasteiger partial charge in [-0.05, 0) is 61.3 Å². The first-order chi connectivity index (χ1) is 41.9. The highest BCUT2D eigenvalue weighted by Crippen LogP contribution is 2.50. The van der Waals surface area contributed by atoms with Crippen LogP contribution in [0.4, 0.5) is 11.4 Å². The molecule has 3 aromatic heterocycles. The first kappa shape index (κ1) is 67.0. The van der Waals surface area contributed by atoms with Gasteiger partial charge < -0.3 is 42.1 Å². The number of rotatable bonds is 15. The highest BCUT2D eigenvalue weighted by Gasteiger charge is 2.50. The van der Waals surface area contributed by atoms with Crippen LogP contribution in [0.15, 0.2) is 97.8 Å². The molecule has 1 unspecified atom stereocenters. The molecule has 0 spiro atoms. The van der Waals surface area contributed by atoms with E-state index in [-0.39, 0.29) is 36.1 Å². The van der Waals surface area contributed by atoms with Gasteiger partial charge in [0.1, 0.15) is 77.4 Å². The van der Waals surface area contributed by atoms with Gasteiger partial charge in [-0.2, -0.15) is 0 Å². The third kappa shape index (κ3) is 14.0. The van der Waals surface area contributed by atoms with E-state index in [0.29, 0.717) is 45.6 Å². The fourth-order valence-electron chi connectivity index (χ4n) is 12.5. The summed E-state index contributed by atoms with van der Waals surface area (Å²) in [7, 11) is 31.6. The van der Waals surface area contributed by atoms with E-state index in [1.165, 1.54) is 11.1 Å². The number of hydrogen-bond donors (Lipinski definition) is 0. The van der Waals surface area contributed by atoms with Crippen LogP contribution in [-0.2, 0) is 99.8 Å². The average Bonchev–Trinajstić information content (AvgIpc) is 1.37. The van der Waals surface area contributed by atoms with Crippen molar-refractivity contribution in [2.45, 2.75) is 136 Å². The molecule has 9 rings (SSSR count). The number of ether oxygens (including phenoxy) is 6. The first-order valence-electron chi connectivity index (χ1n) is 31.6. The van der Waals surface area contributed by atoms with Crippen LogP contribution in [0.2, 0.25) is 0 Å². The molecule has 0 amide bonds. The van der Waals surface area contributed by atoms with Crippen LogP contribution in [0.25, 0.3) is 0 Å². The van der Waals surface area contributed by atoms with Crippen LogP contribution in [0, 0.1) is 0 Å². The molecule has 0 radical (unpaired) electrons. The second-order valence-electron chi connectivity index (χ2n) is 30.7. The van der Waals surface area contributed by atoms with E-state index < -0.39 is 5.72 Å². The molecule has 15 nitrogen and oxygen atoms in total. The first-order valence-corrected chi connectivity index (χ1v) is 31.6. The lowest BCUT2D eigenvalue weighted by Gasteiger charge is -2.46. The van der Waals surface area contributed by atoms with Gasteiger partial charge in [-0.1, -0.05) is 92.6 Å². The van der Waals surface area contributed by atoms with Crippen LogP contribution in [0.1, 0.15) is 152 Å². The van der Waals surface area contributed by atoms with E-state index in [1.54, 1.807) is 0 Å². The molecule has 0 saturated heterocycles. The van der Waals surface area contributed by atoms with E-state index in [2.05, 4.69) is 186 Å². The summed E-state index contributed by atoms with van der Waals surface area (Å²) in [6.07, 6.45) is 13.8. The largest absolute Gasteiger partial charge is 0.496 e. The maximum Gasteiger partial charge on any atom is 0.237 e. The molecule has 0 saturated carbocycles. The van der Waals surface area contributed by atoms with E-state index >= 15 is 0 Å². The second kappa shape index (κ2) is 25.0. The van der Waals surface area contributed by atoms with Crippen molar-refractivity contribution in [1.29, 1.82) is 0 Å². The Hall–Kier alpha value is -7.43. The molecule has 8 aromatic rings. The summed E-state index contributed by atoms with van der Waals surface area (Å²) >= 11 is 0. The lowest BCUT2D eigenvalue weighted by Crippen LogP contribution is -2.57. The zero-order valence-electron chi connectivity index (χ0n) is 58.9. The van der Waals surface area contributed by atoms with Gasteiger partial charge in [0.25, 0.3) is 0 Å². The summed E-state index contributed by atoms with van der Waals surface area (Å²) < 4.78 is 50.9. The lowest BCUT2D eigenvalue weighted by molar-refractivity contribution is -0.960. The molecule has 3 heterocycles. The Morgan fingerprint density at radius 1 is 0.400 bits per heavy atom. The molecule has 0 fully saturated rings. The standard InChI is InChI=1S/C75H104N9O6/c1-72(2,3)58-35-49-31-53-40-61(82(13,14)15)42-55(67(53)85-22)33-51-37-59(73(4,5)6)39-57(70(51)89-47-65-77-26-29-80(65)11)45-75(87-24,84(19,20)21)63-44-60(74(7,8)9)38-52(71(63)90-48-66-78-27-30-81(66)12)34-56-43-62(83(16,17)18)41-54(68(56)86-23)32-50(36-58)69(49)88-46-64-76-25-28-79(64)10/h25-30,35-44H,31-34,45-48H2,1-24H3/q+3. The van der Waals surface area contributed by atoms with Gasteiger partial charge in [0, 0.05) is 143 Å². The van der Waals surface area contributed by atoms with Gasteiger partial charge in [-0.3, -0.25) is 13.4 Å². The fraction of sp³-hybridized carbons (Fsp3) is 0.480. The summed E-state index contributed by atoms with van der Waals surface area (Å²) in [4.78, 5) is 14.4. The van der Waals surface area contributed by atoms with E-state index in [4.69, 9.17) is 43.4 Å². The van der Waals surface area contributed by atoms with Crippen LogP contribution >= 0.6 is 0 Å². The van der Waals surface area contributed by atoms with Crippen LogP contribution in [0.3, 0.4) is 0 Å². The van der Waals surface area contributed by atoms with Crippen molar-refractivity contribution in [3.8, 4) is 28.7 Å². The highest BCUT2D eigenvalue weighted by molar-refractivity contribution is 5.64. The molecule has 0 N–H and O–H groups in total. The number of quaternary nitrogens is 3. The maximum atomic E-state index is 7.50. The molecule has 1 aliphatic rings. The van der Waals surface area contributed by atoms with Crippen LogP contribution < -0.4 is 32.7 Å². The number of hydrogen-bond acceptors (Lipinski definition) is 9. The molecule has 482 valence electrons. The zero-order valence-corrected chi connectivity index (χ0v) is 58.9. The van der Waals surface area contributed by atoms with Gasteiger partial charge in [0.05, 0.1) is 89.6 Å². The Labute approximate surface area is 537 Å². The minimum atomic E-state index is -1.12. The Balaban J connectivity index is 1.48. The van der Waals surface area contributed by atoms with E-state index in [0.717, 1.165) is 119 Å². The van der Waals surface area contributed by atoms with Gasteiger partial charge in [-0.25, -0.2) is 15.0 Å². The van der Waals surface area contributed by atoms with Crippen LogP contribution in [0.5, 0.6) is 28.7 Å². The molecule has 15 heteroatoms. The van der Waals surface area contributed by atoms with Crippen molar-refractivity contribution in [3.63, 3.8) is 0 Å². The third-order valence-corrected chi connectivity index (χ3v) is 18.3. The predicted octanol–water partition coefficient (Wildman–Crippen LogP) is 13.4. The van der Waals surface area contributed by atoms with Crippen LogP contribution in [-0.4, -0.2) is 118 Å². The lowest BCUT2D eigenvalue weighted by atomic mass is 9.79. The summed E-state index contributed by atoms with van der Waals surface area (Å²) in [6.45, 7) is 21.3. The second-order valence-corrected chi connectivity index (χ2v) is 30.7. The minimum absolute atomic E-state index is 0.210. The Bertz CT molecular complexity index is 3900. The van der Waals surface area contributed by atoms with E-state index in [9.17, 15) is 0 Å². The highest BCUT2D eigenvalue weighted by atomic mass is 16.5. The Morgan fingerprint density at radius 2 is 0.689 bits per heavy atom. The van der Waals surface area contributed by atoms with Gasteiger partial charge in [-0.15, -0.1) is 0 Å².